The van der Waals surface area contributed by atoms with E-state index in [9.17, 15) is 23.2 Å². The van der Waals surface area contributed by atoms with Crippen LogP contribution in [-0.2, 0) is 14.3 Å². The monoisotopic (exact) mass is 646 g/mol. The lowest BCUT2D eigenvalue weighted by Gasteiger charge is -2.29. The number of hydrogen-bond acceptors (Lipinski definition) is 6. The molecule has 0 radical (unpaired) electrons. The minimum absolute atomic E-state index is 0.291. The zero-order valence-corrected chi connectivity index (χ0v) is 26.1. The van der Waals surface area contributed by atoms with E-state index in [0.717, 1.165) is 18.4 Å². The largest absolute Gasteiger partial charge is 0.463 e. The number of carbonyl (C=O) groups is 3. The summed E-state index contributed by atoms with van der Waals surface area (Å²) < 4.78 is 32.4. The Morgan fingerprint density at radius 3 is 1.96 bits per heavy atom. The van der Waals surface area contributed by atoms with Crippen molar-refractivity contribution in [3.63, 3.8) is 0 Å². The van der Waals surface area contributed by atoms with Crippen LogP contribution in [0.1, 0.15) is 48.5 Å². The van der Waals surface area contributed by atoms with Crippen molar-refractivity contribution in [3.8, 4) is 22.5 Å². The lowest BCUT2D eigenvalue weighted by Crippen LogP contribution is -2.55. The molecule has 0 unspecified atom stereocenters. The smallest absolute Gasteiger partial charge is 0.330 e. The highest BCUT2D eigenvalue weighted by Gasteiger charge is 2.42. The van der Waals surface area contributed by atoms with Crippen LogP contribution < -0.4 is 10.6 Å². The van der Waals surface area contributed by atoms with Crippen molar-refractivity contribution in [2.75, 3.05) is 11.9 Å². The molecule has 1 saturated carbocycles. The third-order valence-corrected chi connectivity index (χ3v) is 8.27. The summed E-state index contributed by atoms with van der Waals surface area (Å²) in [7, 11) is 0. The first kappa shape index (κ1) is 32.2. The van der Waals surface area contributed by atoms with Crippen molar-refractivity contribution >= 4 is 40.6 Å². The van der Waals surface area contributed by atoms with Gasteiger partial charge in [-0.1, -0.05) is 25.0 Å². The molecule has 2 N–H and O–H groups in total. The SMILES string of the molecule is CCOC(=O)/C=C/c1ccc(NC(=O)C2(NC(=O)c3ccc4nc(-c5ccc(F)cc5)c(-c5ccc(F)cc5)nc4c3)CCCC2)cc1. The highest BCUT2D eigenvalue weighted by atomic mass is 19.1. The number of ether oxygens (including phenoxy) is 1. The number of nitrogens with one attached hydrogen (secondary N) is 2. The number of halogens is 2. The molecule has 0 aliphatic heterocycles. The van der Waals surface area contributed by atoms with Gasteiger partial charge in [0.25, 0.3) is 5.91 Å². The standard InChI is InChI=1S/C38H32F2N4O4/c1-2-48-33(45)20-7-24-5-17-30(18-6-24)41-37(47)38(21-3-4-22-38)44-36(46)27-12-19-31-32(23-27)43-35(26-10-15-29(40)16-11-26)34(42-31)25-8-13-28(39)14-9-25/h5-20,23H,2-4,21-22H2,1H3,(H,41,47)(H,44,46)/b20-7+. The lowest BCUT2D eigenvalue weighted by atomic mass is 9.95. The Balaban J connectivity index is 1.25. The van der Waals surface area contributed by atoms with Crippen molar-refractivity contribution in [2.24, 2.45) is 0 Å². The van der Waals surface area contributed by atoms with Gasteiger partial charge in [0.05, 0.1) is 29.0 Å². The van der Waals surface area contributed by atoms with Crippen LogP contribution in [0.25, 0.3) is 39.6 Å². The maximum absolute atomic E-state index is 13.8. The summed E-state index contributed by atoms with van der Waals surface area (Å²) in [5.74, 6) is -1.97. The third kappa shape index (κ3) is 7.12. The van der Waals surface area contributed by atoms with E-state index in [0.29, 0.717) is 64.2 Å². The van der Waals surface area contributed by atoms with E-state index in [4.69, 9.17) is 14.7 Å². The predicted molar refractivity (Wildman–Crippen MR) is 180 cm³/mol. The number of benzene rings is 4. The molecule has 10 heteroatoms. The first-order valence-electron chi connectivity index (χ1n) is 15.7. The van der Waals surface area contributed by atoms with Crippen LogP contribution in [0.2, 0.25) is 0 Å². The Bertz CT molecular complexity index is 2000. The van der Waals surface area contributed by atoms with Crippen molar-refractivity contribution < 1.29 is 27.9 Å². The van der Waals surface area contributed by atoms with E-state index in [1.807, 2.05) is 0 Å². The van der Waals surface area contributed by atoms with E-state index in [1.165, 1.54) is 30.3 Å². The second kappa shape index (κ2) is 13.9. The van der Waals surface area contributed by atoms with Crippen molar-refractivity contribution in [1.82, 2.24) is 15.3 Å². The summed E-state index contributed by atoms with van der Waals surface area (Å²) in [5.41, 5.74) is 3.60. The minimum Gasteiger partial charge on any atom is -0.463 e. The molecule has 0 atom stereocenters. The third-order valence-electron chi connectivity index (χ3n) is 8.27. The second-order valence-electron chi connectivity index (χ2n) is 11.5. The van der Waals surface area contributed by atoms with Gasteiger partial charge in [-0.25, -0.2) is 23.5 Å². The van der Waals surface area contributed by atoms with Crippen molar-refractivity contribution in [3.05, 3.63) is 120 Å². The van der Waals surface area contributed by atoms with Gasteiger partial charge in [0, 0.05) is 28.5 Å². The molecule has 48 heavy (non-hydrogen) atoms. The van der Waals surface area contributed by atoms with E-state index < -0.39 is 29.0 Å². The van der Waals surface area contributed by atoms with Gasteiger partial charge < -0.3 is 15.4 Å². The number of aromatic nitrogens is 2. The molecule has 5 aromatic rings. The van der Waals surface area contributed by atoms with Crippen molar-refractivity contribution in [1.29, 1.82) is 0 Å². The molecule has 4 aromatic carbocycles. The van der Waals surface area contributed by atoms with Crippen LogP contribution in [0, 0.1) is 11.6 Å². The molecule has 0 spiro atoms. The Labute approximate surface area is 275 Å². The van der Waals surface area contributed by atoms with Crippen LogP contribution >= 0.6 is 0 Å². The molecule has 1 aromatic heterocycles. The highest BCUT2D eigenvalue weighted by molar-refractivity contribution is 6.05. The van der Waals surface area contributed by atoms with Gasteiger partial charge in [-0.05, 0) is 110 Å². The fourth-order valence-corrected chi connectivity index (χ4v) is 5.77. The Hall–Kier alpha value is -5.77. The lowest BCUT2D eigenvalue weighted by molar-refractivity contribution is -0.137. The summed E-state index contributed by atoms with van der Waals surface area (Å²) in [6, 6.07) is 23.6. The van der Waals surface area contributed by atoms with Gasteiger partial charge in [-0.3, -0.25) is 9.59 Å². The second-order valence-corrected chi connectivity index (χ2v) is 11.5. The number of fused-ring (bicyclic) bond motifs is 1. The van der Waals surface area contributed by atoms with Crippen molar-refractivity contribution in [2.45, 2.75) is 38.1 Å². The van der Waals surface area contributed by atoms with E-state index in [1.54, 1.807) is 79.7 Å². The first-order valence-corrected chi connectivity index (χ1v) is 15.7. The molecule has 242 valence electrons. The van der Waals surface area contributed by atoms with Crippen LogP contribution in [-0.4, -0.2) is 39.9 Å². The average Bonchev–Trinajstić information content (AvgIpc) is 3.58. The van der Waals surface area contributed by atoms with E-state index >= 15 is 0 Å². The molecule has 2 amide bonds. The number of hydrogen-bond donors (Lipinski definition) is 2. The molecule has 8 nitrogen and oxygen atoms in total. The van der Waals surface area contributed by atoms with E-state index in [-0.39, 0.29) is 5.91 Å². The highest BCUT2D eigenvalue weighted by Crippen LogP contribution is 2.33. The molecule has 0 saturated heterocycles. The molecule has 1 aliphatic carbocycles. The van der Waals surface area contributed by atoms with Gasteiger partial charge in [0.1, 0.15) is 17.2 Å². The normalized spacial score (nSPS) is 13.8. The first-order chi connectivity index (χ1) is 23.2. The number of rotatable bonds is 9. The number of nitrogens with zero attached hydrogens (tertiary/aromatic N) is 2. The molecule has 1 heterocycles. The average molecular weight is 647 g/mol. The summed E-state index contributed by atoms with van der Waals surface area (Å²) in [5, 5.41) is 5.94. The van der Waals surface area contributed by atoms with Crippen LogP contribution in [0.15, 0.2) is 97.1 Å². The molecule has 1 fully saturated rings. The Morgan fingerprint density at radius 1 is 0.792 bits per heavy atom. The number of carbonyl (C=O) groups excluding carboxylic acids is 3. The zero-order valence-electron chi connectivity index (χ0n) is 26.1. The maximum Gasteiger partial charge on any atom is 0.330 e. The summed E-state index contributed by atoms with van der Waals surface area (Å²) in [6.07, 6.45) is 5.49. The van der Waals surface area contributed by atoms with Crippen LogP contribution in [0.5, 0.6) is 0 Å². The molecular formula is C38H32F2N4O4. The zero-order chi connectivity index (χ0) is 33.7. The van der Waals surface area contributed by atoms with Crippen LogP contribution in [0.3, 0.4) is 0 Å². The van der Waals surface area contributed by atoms with Gasteiger partial charge >= 0.3 is 5.97 Å². The fraction of sp³-hybridized carbons (Fsp3) is 0.184. The molecule has 0 bridgehead atoms. The van der Waals surface area contributed by atoms with Crippen LogP contribution in [0.4, 0.5) is 14.5 Å². The van der Waals surface area contributed by atoms with Gasteiger partial charge in [-0.2, -0.15) is 0 Å². The topological polar surface area (TPSA) is 110 Å². The summed E-state index contributed by atoms with van der Waals surface area (Å²) in [6.45, 7) is 2.03. The van der Waals surface area contributed by atoms with E-state index in [2.05, 4.69) is 10.6 Å². The minimum atomic E-state index is -1.11. The quantitative estimate of drug-likeness (QED) is 0.127. The molecule has 1 aliphatic rings. The predicted octanol–water partition coefficient (Wildman–Crippen LogP) is 7.50. The van der Waals surface area contributed by atoms with Gasteiger partial charge in [-0.15, -0.1) is 0 Å². The maximum atomic E-state index is 13.8. The summed E-state index contributed by atoms with van der Waals surface area (Å²) >= 11 is 0. The number of amides is 2. The number of anilines is 1. The number of esters is 1. The molecule has 6 rings (SSSR count). The molecular weight excluding hydrogens is 614 g/mol. The van der Waals surface area contributed by atoms with Gasteiger partial charge in [0.15, 0.2) is 0 Å². The summed E-state index contributed by atoms with van der Waals surface area (Å²) in [4.78, 5) is 48.5. The Kier molecular flexibility index (Phi) is 9.33. The Morgan fingerprint density at radius 2 is 1.38 bits per heavy atom. The fourth-order valence-electron chi connectivity index (χ4n) is 5.77. The van der Waals surface area contributed by atoms with Gasteiger partial charge in [0.2, 0.25) is 5.91 Å².